The molecule has 0 radical (unpaired) electrons. The SMILES string of the molecule is C=C/C=C(\C=C\N(/C(C)=C(/C=C\C)c1ccc2oc3cc4ccccc4cc3c2c1)c1cccc2oc3c4ccccc4ccc3c12)c1cccc2ccccc12. The fourth-order valence-corrected chi connectivity index (χ4v) is 8.45. The first-order valence-corrected chi connectivity index (χ1v) is 19.4. The van der Waals surface area contributed by atoms with Crippen LogP contribution in [0, 0.1) is 0 Å². The molecule has 0 aliphatic heterocycles. The molecule has 272 valence electrons. The Hall–Kier alpha value is -7.36. The molecule has 0 aliphatic rings. The molecule has 57 heavy (non-hydrogen) atoms. The molecule has 0 saturated heterocycles. The second kappa shape index (κ2) is 14.1. The average molecular weight is 734 g/mol. The number of furan rings is 2. The van der Waals surface area contributed by atoms with Crippen molar-refractivity contribution in [2.24, 2.45) is 0 Å². The first-order chi connectivity index (χ1) is 28.1. The van der Waals surface area contributed by atoms with Gasteiger partial charge in [-0.1, -0.05) is 140 Å². The Morgan fingerprint density at radius 2 is 1.26 bits per heavy atom. The van der Waals surface area contributed by atoms with Crippen molar-refractivity contribution in [1.82, 2.24) is 0 Å². The van der Waals surface area contributed by atoms with Crippen LogP contribution in [-0.4, -0.2) is 0 Å². The van der Waals surface area contributed by atoms with Gasteiger partial charge >= 0.3 is 0 Å². The summed E-state index contributed by atoms with van der Waals surface area (Å²) in [7, 11) is 0. The highest BCUT2D eigenvalue weighted by Crippen LogP contribution is 2.42. The van der Waals surface area contributed by atoms with Gasteiger partial charge < -0.3 is 13.7 Å². The van der Waals surface area contributed by atoms with E-state index in [2.05, 4.69) is 207 Å². The fraction of sp³-hybridized carbons (Fsp3) is 0.0370. The van der Waals surface area contributed by atoms with Gasteiger partial charge in [0, 0.05) is 39.0 Å². The lowest BCUT2D eigenvalue weighted by Gasteiger charge is -2.25. The minimum absolute atomic E-state index is 0.840. The van der Waals surface area contributed by atoms with E-state index < -0.39 is 0 Å². The Bertz CT molecular complexity index is 3340. The largest absolute Gasteiger partial charge is 0.456 e. The molecule has 0 aliphatic carbocycles. The average Bonchev–Trinajstić information content (AvgIpc) is 3.82. The number of rotatable bonds is 8. The van der Waals surface area contributed by atoms with Gasteiger partial charge in [0.2, 0.25) is 0 Å². The third kappa shape index (κ3) is 5.84. The Balaban J connectivity index is 1.21. The second-order valence-electron chi connectivity index (χ2n) is 14.5. The van der Waals surface area contributed by atoms with Gasteiger partial charge in [0.1, 0.15) is 22.3 Å². The number of benzene rings is 8. The predicted octanol–water partition coefficient (Wildman–Crippen LogP) is 15.5. The molecule has 0 saturated carbocycles. The quantitative estimate of drug-likeness (QED) is 0.146. The molecule has 2 heterocycles. The highest BCUT2D eigenvalue weighted by Gasteiger charge is 2.20. The van der Waals surface area contributed by atoms with Crippen molar-refractivity contribution in [3.63, 3.8) is 0 Å². The van der Waals surface area contributed by atoms with Gasteiger partial charge in [-0.2, -0.15) is 0 Å². The van der Waals surface area contributed by atoms with E-state index in [1.54, 1.807) is 0 Å². The van der Waals surface area contributed by atoms with E-state index in [0.29, 0.717) is 0 Å². The minimum Gasteiger partial charge on any atom is -0.456 e. The predicted molar refractivity (Wildman–Crippen MR) is 244 cm³/mol. The van der Waals surface area contributed by atoms with Crippen LogP contribution in [0.15, 0.2) is 209 Å². The maximum Gasteiger partial charge on any atom is 0.143 e. The smallest absolute Gasteiger partial charge is 0.143 e. The summed E-state index contributed by atoms with van der Waals surface area (Å²) in [6.45, 7) is 8.39. The van der Waals surface area contributed by atoms with Crippen LogP contribution in [0.2, 0.25) is 0 Å². The van der Waals surface area contributed by atoms with Crippen LogP contribution < -0.4 is 4.90 Å². The molecule has 8 aromatic carbocycles. The molecule has 0 spiro atoms. The molecular formula is C54H39NO2. The lowest BCUT2D eigenvalue weighted by Crippen LogP contribution is -2.15. The highest BCUT2D eigenvalue weighted by molar-refractivity contribution is 6.19. The van der Waals surface area contributed by atoms with Crippen LogP contribution in [0.1, 0.15) is 25.0 Å². The monoisotopic (exact) mass is 733 g/mol. The van der Waals surface area contributed by atoms with Crippen LogP contribution in [0.25, 0.3) is 87.3 Å². The molecule has 0 atom stereocenters. The van der Waals surface area contributed by atoms with Crippen LogP contribution >= 0.6 is 0 Å². The van der Waals surface area contributed by atoms with Crippen molar-refractivity contribution >= 4 is 93.0 Å². The topological polar surface area (TPSA) is 29.5 Å². The Morgan fingerprint density at radius 3 is 2.07 bits per heavy atom. The zero-order chi connectivity index (χ0) is 38.5. The van der Waals surface area contributed by atoms with Gasteiger partial charge in [-0.05, 0) is 106 Å². The van der Waals surface area contributed by atoms with Crippen molar-refractivity contribution in [3.8, 4) is 0 Å². The van der Waals surface area contributed by atoms with Crippen LogP contribution in [0.4, 0.5) is 5.69 Å². The Morgan fingerprint density at radius 1 is 0.561 bits per heavy atom. The molecule has 0 N–H and O–H groups in total. The van der Waals surface area contributed by atoms with Gasteiger partial charge in [-0.25, -0.2) is 0 Å². The molecule has 2 aromatic heterocycles. The van der Waals surface area contributed by atoms with E-state index in [-0.39, 0.29) is 0 Å². The lowest BCUT2D eigenvalue weighted by molar-refractivity contribution is 0.669. The summed E-state index contributed by atoms with van der Waals surface area (Å²) in [5, 5.41) is 11.3. The third-order valence-electron chi connectivity index (χ3n) is 11.2. The summed E-state index contributed by atoms with van der Waals surface area (Å²) >= 11 is 0. The molecule has 0 unspecified atom stereocenters. The molecule has 0 fully saturated rings. The van der Waals surface area contributed by atoms with Crippen LogP contribution in [0.5, 0.6) is 0 Å². The molecule has 10 rings (SSSR count). The minimum atomic E-state index is 0.840. The zero-order valence-electron chi connectivity index (χ0n) is 31.9. The van der Waals surface area contributed by atoms with E-state index in [1.807, 2.05) is 6.08 Å². The Labute approximate surface area is 331 Å². The van der Waals surface area contributed by atoms with E-state index in [1.165, 1.54) is 21.5 Å². The summed E-state index contributed by atoms with van der Waals surface area (Å²) in [5.74, 6) is 0. The van der Waals surface area contributed by atoms with Crippen molar-refractivity contribution in [2.75, 3.05) is 4.90 Å². The first kappa shape index (κ1) is 34.2. The van der Waals surface area contributed by atoms with Gasteiger partial charge in [-0.3, -0.25) is 0 Å². The summed E-state index contributed by atoms with van der Waals surface area (Å²) < 4.78 is 13.1. The summed E-state index contributed by atoms with van der Waals surface area (Å²) in [6.07, 6.45) is 12.7. The number of anilines is 1. The zero-order valence-corrected chi connectivity index (χ0v) is 31.9. The summed E-state index contributed by atoms with van der Waals surface area (Å²) in [5.41, 5.74) is 9.95. The normalized spacial score (nSPS) is 13.1. The summed E-state index contributed by atoms with van der Waals surface area (Å²) in [4.78, 5) is 2.31. The maximum absolute atomic E-state index is 6.71. The molecule has 0 amide bonds. The van der Waals surface area contributed by atoms with Gasteiger partial charge in [0.25, 0.3) is 0 Å². The Kier molecular flexibility index (Phi) is 8.42. The third-order valence-corrected chi connectivity index (χ3v) is 11.2. The van der Waals surface area contributed by atoms with Gasteiger partial charge in [0.05, 0.1) is 11.1 Å². The highest BCUT2D eigenvalue weighted by atomic mass is 16.3. The van der Waals surface area contributed by atoms with Crippen LogP contribution in [0.3, 0.4) is 0 Å². The number of hydrogen-bond acceptors (Lipinski definition) is 3. The summed E-state index contributed by atoms with van der Waals surface area (Å²) in [6, 6.07) is 53.5. The number of hydrogen-bond donors (Lipinski definition) is 0. The second-order valence-corrected chi connectivity index (χ2v) is 14.5. The van der Waals surface area contributed by atoms with E-state index in [0.717, 1.165) is 88.3 Å². The number of fused-ring (bicyclic) bond motifs is 10. The number of nitrogens with zero attached hydrogens (tertiary/aromatic N) is 1. The van der Waals surface area contributed by atoms with Gasteiger partial charge in [-0.15, -0.1) is 0 Å². The van der Waals surface area contributed by atoms with E-state index >= 15 is 0 Å². The van der Waals surface area contributed by atoms with E-state index in [9.17, 15) is 0 Å². The fourth-order valence-electron chi connectivity index (χ4n) is 8.45. The van der Waals surface area contributed by atoms with Gasteiger partial charge in [0.15, 0.2) is 0 Å². The van der Waals surface area contributed by atoms with Crippen molar-refractivity contribution in [3.05, 3.63) is 212 Å². The molecule has 3 nitrogen and oxygen atoms in total. The molecule has 0 bridgehead atoms. The molecule has 10 aromatic rings. The van der Waals surface area contributed by atoms with Crippen molar-refractivity contribution < 1.29 is 8.83 Å². The van der Waals surface area contributed by atoms with E-state index in [4.69, 9.17) is 8.83 Å². The van der Waals surface area contributed by atoms with Crippen LogP contribution in [-0.2, 0) is 0 Å². The number of allylic oxidation sites excluding steroid dienone is 8. The standard InChI is InChI=1S/C54H39NO2/c1-4-14-36(44-23-12-20-37-16-8-10-21-43(37)44)30-31-55(49-24-13-25-51-53(49)46-28-26-38-17-9-11-22-45(38)54(46)57-51)35(3)42(15-5-2)41-27-29-50-47(33-41)48-32-39-18-6-7-19-40(39)34-52(48)56-50/h4-34H,1H2,2-3H3/b15-5-,31-30+,36-14+,42-35-. The van der Waals surface area contributed by atoms with Crippen molar-refractivity contribution in [1.29, 1.82) is 0 Å². The lowest BCUT2D eigenvalue weighted by atomic mass is 9.97. The molecule has 3 heteroatoms. The maximum atomic E-state index is 6.71. The van der Waals surface area contributed by atoms with Crippen molar-refractivity contribution in [2.45, 2.75) is 13.8 Å². The first-order valence-electron chi connectivity index (χ1n) is 19.4. The molecular weight excluding hydrogens is 695 g/mol.